The third kappa shape index (κ3) is 3.70. The van der Waals surface area contributed by atoms with Gasteiger partial charge >= 0.3 is 0 Å². The second-order valence-electron chi connectivity index (χ2n) is 7.88. The highest BCUT2D eigenvalue weighted by molar-refractivity contribution is 7.99. The van der Waals surface area contributed by atoms with E-state index in [-0.39, 0.29) is 17.6 Å². The van der Waals surface area contributed by atoms with Gasteiger partial charge in [0.1, 0.15) is 10.7 Å². The van der Waals surface area contributed by atoms with Crippen LogP contribution in [0.2, 0.25) is 0 Å². The van der Waals surface area contributed by atoms with Crippen LogP contribution in [0.4, 0.5) is 5.69 Å². The lowest BCUT2D eigenvalue weighted by Gasteiger charge is -2.11. The van der Waals surface area contributed by atoms with E-state index in [1.807, 2.05) is 36.4 Å². The van der Waals surface area contributed by atoms with E-state index in [1.54, 1.807) is 11.3 Å². The fourth-order valence-electron chi connectivity index (χ4n) is 3.41. The molecular weight excluding hydrogens is 414 g/mol. The van der Waals surface area contributed by atoms with Crippen molar-refractivity contribution in [3.05, 3.63) is 45.6 Å². The van der Waals surface area contributed by atoms with Crippen LogP contribution in [-0.2, 0) is 4.79 Å². The molecule has 3 heterocycles. The van der Waals surface area contributed by atoms with Crippen LogP contribution in [0.1, 0.15) is 47.2 Å². The van der Waals surface area contributed by atoms with Crippen molar-refractivity contribution < 1.29 is 4.79 Å². The topological polar surface area (TPSA) is 72.2 Å². The van der Waals surface area contributed by atoms with Gasteiger partial charge in [0.15, 0.2) is 10.8 Å². The number of carbonyl (C=O) groups is 1. The van der Waals surface area contributed by atoms with Gasteiger partial charge in [-0.05, 0) is 50.5 Å². The van der Waals surface area contributed by atoms with E-state index in [9.17, 15) is 4.79 Å². The number of amides is 1. The van der Waals surface area contributed by atoms with Gasteiger partial charge < -0.3 is 5.32 Å². The quantitative estimate of drug-likeness (QED) is 0.420. The van der Waals surface area contributed by atoms with E-state index < -0.39 is 0 Å². The molecule has 4 aromatic rings. The first-order valence-electron chi connectivity index (χ1n) is 9.91. The lowest BCUT2D eigenvalue weighted by molar-refractivity contribution is -0.113. The molecule has 0 spiro atoms. The minimum absolute atomic E-state index is 0.0619. The molecule has 1 amide bonds. The lowest BCUT2D eigenvalue weighted by atomic mass is 10.1. The molecule has 0 atom stereocenters. The van der Waals surface area contributed by atoms with E-state index >= 15 is 0 Å². The summed E-state index contributed by atoms with van der Waals surface area (Å²) in [6, 6.07) is 6.04. The van der Waals surface area contributed by atoms with Crippen molar-refractivity contribution in [2.24, 2.45) is 0 Å². The van der Waals surface area contributed by atoms with Gasteiger partial charge in [-0.2, -0.15) is 0 Å². The number of anilines is 1. The van der Waals surface area contributed by atoms with Crippen molar-refractivity contribution >= 4 is 50.6 Å². The van der Waals surface area contributed by atoms with Gasteiger partial charge in [-0.25, -0.2) is 4.98 Å². The van der Waals surface area contributed by atoms with Crippen LogP contribution < -0.4 is 5.32 Å². The summed E-state index contributed by atoms with van der Waals surface area (Å²) in [4.78, 5) is 19.8. The van der Waals surface area contributed by atoms with Crippen molar-refractivity contribution in [3.63, 3.8) is 0 Å². The summed E-state index contributed by atoms with van der Waals surface area (Å²) in [6.45, 7) is 12.4. The first kappa shape index (κ1) is 20.8. The third-order valence-electron chi connectivity index (χ3n) is 5.18. The molecule has 0 unspecified atom stereocenters. The molecule has 0 aliphatic rings. The lowest BCUT2D eigenvalue weighted by Crippen LogP contribution is -2.15. The van der Waals surface area contributed by atoms with Gasteiger partial charge in [0.05, 0.1) is 11.1 Å². The average Bonchev–Trinajstić information content (AvgIpc) is 3.23. The number of thiophene rings is 1. The van der Waals surface area contributed by atoms with Crippen LogP contribution >= 0.6 is 23.1 Å². The monoisotopic (exact) mass is 439 g/mol. The Bertz CT molecular complexity index is 1270. The molecule has 0 aliphatic heterocycles. The van der Waals surface area contributed by atoms with E-state index in [4.69, 9.17) is 4.98 Å². The van der Waals surface area contributed by atoms with E-state index in [1.165, 1.54) is 22.2 Å². The standard InChI is InChI=1S/C22H25N5OS2/c1-11(2)19-24-21-18(14(5)15(6)30-21)20-25-26-22(27(19)20)29-10-17(28)23-16-9-12(3)7-8-13(16)4/h7-9,11H,10H2,1-6H3,(H,23,28). The van der Waals surface area contributed by atoms with Gasteiger partial charge in [-0.15, -0.1) is 21.5 Å². The average molecular weight is 440 g/mol. The second kappa shape index (κ2) is 8.00. The summed E-state index contributed by atoms with van der Waals surface area (Å²) < 4.78 is 2.02. The second-order valence-corrected chi connectivity index (χ2v) is 10.0. The van der Waals surface area contributed by atoms with Crippen molar-refractivity contribution in [3.8, 4) is 0 Å². The summed E-state index contributed by atoms with van der Waals surface area (Å²) in [5, 5.41) is 13.7. The smallest absolute Gasteiger partial charge is 0.234 e. The Morgan fingerprint density at radius 3 is 2.70 bits per heavy atom. The highest BCUT2D eigenvalue weighted by atomic mass is 32.2. The zero-order valence-electron chi connectivity index (χ0n) is 18.0. The Morgan fingerprint density at radius 2 is 1.97 bits per heavy atom. The van der Waals surface area contributed by atoms with Crippen LogP contribution in [0.15, 0.2) is 23.4 Å². The zero-order valence-corrected chi connectivity index (χ0v) is 19.7. The number of fused-ring (bicyclic) bond motifs is 3. The first-order chi connectivity index (χ1) is 14.3. The predicted molar refractivity (Wildman–Crippen MR) is 125 cm³/mol. The molecular formula is C22H25N5OS2. The molecule has 0 fully saturated rings. The Kier molecular flexibility index (Phi) is 5.55. The summed E-state index contributed by atoms with van der Waals surface area (Å²) in [5.74, 6) is 1.32. The fraction of sp³-hybridized carbons (Fsp3) is 0.364. The Hall–Kier alpha value is -2.45. The zero-order chi connectivity index (χ0) is 21.6. The minimum Gasteiger partial charge on any atom is -0.325 e. The molecule has 3 aromatic heterocycles. The molecule has 30 heavy (non-hydrogen) atoms. The number of aromatic nitrogens is 4. The van der Waals surface area contributed by atoms with Crippen LogP contribution in [-0.4, -0.2) is 31.2 Å². The fourth-order valence-corrected chi connectivity index (χ4v) is 5.18. The Balaban J connectivity index is 1.65. The van der Waals surface area contributed by atoms with Gasteiger partial charge in [0.25, 0.3) is 0 Å². The number of nitrogens with one attached hydrogen (secondary N) is 1. The summed E-state index contributed by atoms with van der Waals surface area (Å²) in [6.07, 6.45) is 0. The molecule has 1 N–H and O–H groups in total. The van der Waals surface area contributed by atoms with Gasteiger partial charge in [-0.3, -0.25) is 9.20 Å². The van der Waals surface area contributed by atoms with Crippen LogP contribution in [0.5, 0.6) is 0 Å². The van der Waals surface area contributed by atoms with Gasteiger partial charge in [0, 0.05) is 16.5 Å². The summed E-state index contributed by atoms with van der Waals surface area (Å²) >= 11 is 3.08. The van der Waals surface area contributed by atoms with Crippen LogP contribution in [0.3, 0.4) is 0 Å². The third-order valence-corrected chi connectivity index (χ3v) is 7.21. The molecule has 4 rings (SSSR count). The summed E-state index contributed by atoms with van der Waals surface area (Å²) in [5.41, 5.74) is 5.03. The molecule has 0 bridgehead atoms. The van der Waals surface area contributed by atoms with E-state index in [0.717, 1.165) is 38.5 Å². The Morgan fingerprint density at radius 1 is 1.20 bits per heavy atom. The van der Waals surface area contributed by atoms with Crippen molar-refractivity contribution in [2.45, 2.75) is 52.6 Å². The maximum atomic E-state index is 12.6. The Labute approximate surface area is 184 Å². The van der Waals surface area contributed by atoms with Crippen LogP contribution in [0, 0.1) is 27.7 Å². The maximum absolute atomic E-state index is 12.6. The van der Waals surface area contributed by atoms with Crippen molar-refractivity contribution in [2.75, 3.05) is 11.1 Å². The molecule has 1 aromatic carbocycles. The molecule has 0 radical (unpaired) electrons. The number of rotatable bonds is 5. The van der Waals surface area contributed by atoms with E-state index in [0.29, 0.717) is 5.16 Å². The molecule has 0 saturated heterocycles. The first-order valence-corrected chi connectivity index (χ1v) is 11.7. The number of thioether (sulfide) groups is 1. The number of benzene rings is 1. The van der Waals surface area contributed by atoms with Crippen molar-refractivity contribution in [1.29, 1.82) is 0 Å². The number of aryl methyl sites for hydroxylation is 4. The maximum Gasteiger partial charge on any atom is 0.234 e. The van der Waals surface area contributed by atoms with Crippen molar-refractivity contribution in [1.82, 2.24) is 19.6 Å². The number of hydrogen-bond acceptors (Lipinski definition) is 6. The highest BCUT2D eigenvalue weighted by Crippen LogP contribution is 2.34. The summed E-state index contributed by atoms with van der Waals surface area (Å²) in [7, 11) is 0. The van der Waals surface area contributed by atoms with E-state index in [2.05, 4.69) is 43.2 Å². The number of hydrogen-bond donors (Lipinski definition) is 1. The number of carbonyl (C=O) groups excluding carboxylic acids is 1. The molecule has 0 saturated carbocycles. The van der Waals surface area contributed by atoms with Gasteiger partial charge in [0.2, 0.25) is 5.91 Å². The predicted octanol–water partition coefficient (Wildman–Crippen LogP) is 5.43. The molecule has 156 valence electrons. The highest BCUT2D eigenvalue weighted by Gasteiger charge is 2.21. The number of nitrogens with zero attached hydrogens (tertiary/aromatic N) is 4. The molecule has 8 heteroatoms. The largest absolute Gasteiger partial charge is 0.325 e. The SMILES string of the molecule is Cc1ccc(C)c(NC(=O)CSc2nnc3c4c(C)c(C)sc4nc(C(C)C)n23)c1. The van der Waals surface area contributed by atoms with Crippen LogP contribution in [0.25, 0.3) is 15.9 Å². The molecule has 0 aliphatic carbocycles. The minimum atomic E-state index is -0.0619. The normalized spacial score (nSPS) is 11.7. The molecule has 6 nitrogen and oxygen atoms in total. The van der Waals surface area contributed by atoms with Gasteiger partial charge in [-0.1, -0.05) is 37.7 Å².